The minimum atomic E-state index is 0.476. The lowest BCUT2D eigenvalue weighted by atomic mass is 10.0. The van der Waals surface area contributed by atoms with E-state index in [1.165, 1.54) is 16.7 Å². The number of nitrogens with two attached hydrogens (primary N) is 1. The van der Waals surface area contributed by atoms with Gasteiger partial charge in [-0.2, -0.15) is 0 Å². The van der Waals surface area contributed by atoms with E-state index in [9.17, 15) is 0 Å². The maximum Gasteiger partial charge on any atom is 0.193 e. The second kappa shape index (κ2) is 8.52. The molecule has 130 valence electrons. The molecule has 0 atom stereocenters. The van der Waals surface area contributed by atoms with Gasteiger partial charge in [-0.3, -0.25) is 4.99 Å². The molecule has 0 saturated carbocycles. The fourth-order valence-electron chi connectivity index (χ4n) is 2.88. The Labute approximate surface area is 144 Å². The number of nitrogens with one attached hydrogen (secondary N) is 1. The van der Waals surface area contributed by atoms with Gasteiger partial charge in [0.1, 0.15) is 5.76 Å². The summed E-state index contributed by atoms with van der Waals surface area (Å²) in [6.07, 6.45) is 3.76. The molecule has 0 saturated heterocycles. The molecule has 1 heterocycles. The van der Waals surface area contributed by atoms with Crippen LogP contribution >= 0.6 is 0 Å². The highest BCUT2D eigenvalue weighted by molar-refractivity contribution is 5.93. The highest BCUT2D eigenvalue weighted by Crippen LogP contribution is 2.22. The Hall–Kier alpha value is -2.30. The Bertz CT molecular complexity index is 662. The molecule has 0 spiro atoms. The van der Waals surface area contributed by atoms with Crippen molar-refractivity contribution in [1.82, 2.24) is 5.16 Å². The van der Waals surface area contributed by atoms with Gasteiger partial charge in [0.2, 0.25) is 0 Å². The zero-order valence-corrected chi connectivity index (χ0v) is 15.1. The van der Waals surface area contributed by atoms with Crippen LogP contribution in [0.25, 0.3) is 0 Å². The van der Waals surface area contributed by atoms with Gasteiger partial charge in [0.15, 0.2) is 5.96 Å². The quantitative estimate of drug-likeness (QED) is 0.461. The van der Waals surface area contributed by atoms with E-state index in [1.54, 1.807) is 0 Å². The van der Waals surface area contributed by atoms with Crippen molar-refractivity contribution in [1.29, 1.82) is 0 Å². The number of hydrogen-bond donors (Lipinski definition) is 2. The van der Waals surface area contributed by atoms with Crippen molar-refractivity contribution >= 4 is 11.6 Å². The minimum absolute atomic E-state index is 0.476. The molecule has 1 aromatic heterocycles. The van der Waals surface area contributed by atoms with Crippen LogP contribution in [-0.2, 0) is 19.3 Å². The lowest BCUT2D eigenvalue weighted by Crippen LogP contribution is -2.24. The summed E-state index contributed by atoms with van der Waals surface area (Å²) < 4.78 is 5.18. The Balaban J connectivity index is 1.95. The molecule has 3 N–H and O–H groups in total. The molecule has 0 aliphatic heterocycles. The van der Waals surface area contributed by atoms with Crippen molar-refractivity contribution in [2.24, 2.45) is 10.7 Å². The molecular weight excluding hydrogens is 300 g/mol. The topological polar surface area (TPSA) is 76.4 Å². The zero-order valence-electron chi connectivity index (χ0n) is 15.1. The molecule has 0 fully saturated rings. The van der Waals surface area contributed by atoms with E-state index in [0.717, 1.165) is 42.8 Å². The van der Waals surface area contributed by atoms with Crippen molar-refractivity contribution < 1.29 is 4.52 Å². The average molecular weight is 328 g/mol. The number of hydrogen-bond acceptors (Lipinski definition) is 3. The molecule has 0 aliphatic carbocycles. The van der Waals surface area contributed by atoms with E-state index >= 15 is 0 Å². The third kappa shape index (κ3) is 4.37. The van der Waals surface area contributed by atoms with Crippen molar-refractivity contribution in [2.75, 3.05) is 11.9 Å². The molecule has 0 unspecified atom stereocenters. The number of nitrogens with zero attached hydrogens (tertiary/aromatic N) is 2. The fourth-order valence-corrected chi connectivity index (χ4v) is 2.88. The summed E-state index contributed by atoms with van der Waals surface area (Å²) in [6, 6.07) is 6.36. The van der Waals surface area contributed by atoms with Gasteiger partial charge in [-0.15, -0.1) is 0 Å². The number of anilines is 1. The average Bonchev–Trinajstić information content (AvgIpc) is 2.90. The highest BCUT2D eigenvalue weighted by atomic mass is 16.5. The number of aliphatic imine (C=N–C) groups is 1. The predicted molar refractivity (Wildman–Crippen MR) is 99.6 cm³/mol. The number of guanidine groups is 1. The monoisotopic (exact) mass is 328 g/mol. The molecule has 0 radical (unpaired) electrons. The Morgan fingerprint density at radius 2 is 1.88 bits per heavy atom. The summed E-state index contributed by atoms with van der Waals surface area (Å²) in [6.45, 7) is 8.90. The van der Waals surface area contributed by atoms with Gasteiger partial charge in [-0.1, -0.05) is 37.2 Å². The second-order valence-electron chi connectivity index (χ2n) is 5.96. The van der Waals surface area contributed by atoms with Gasteiger partial charge < -0.3 is 15.6 Å². The van der Waals surface area contributed by atoms with Gasteiger partial charge in [-0.05, 0) is 50.7 Å². The number of aromatic nitrogens is 1. The third-order valence-electron chi connectivity index (χ3n) is 4.30. The van der Waals surface area contributed by atoms with Gasteiger partial charge in [0, 0.05) is 17.8 Å². The second-order valence-corrected chi connectivity index (χ2v) is 5.96. The summed E-state index contributed by atoms with van der Waals surface area (Å²) in [4.78, 5) is 4.46. The predicted octanol–water partition coefficient (Wildman–Crippen LogP) is 3.78. The van der Waals surface area contributed by atoms with E-state index in [-0.39, 0.29) is 0 Å². The smallest absolute Gasteiger partial charge is 0.193 e. The molecule has 0 aliphatic rings. The largest absolute Gasteiger partial charge is 0.370 e. The van der Waals surface area contributed by atoms with Crippen molar-refractivity contribution in [3.05, 3.63) is 46.3 Å². The van der Waals surface area contributed by atoms with Gasteiger partial charge >= 0.3 is 0 Å². The zero-order chi connectivity index (χ0) is 17.5. The molecular formula is C19H28N4O. The summed E-state index contributed by atoms with van der Waals surface area (Å²) in [5, 5.41) is 7.27. The maximum atomic E-state index is 6.08. The van der Waals surface area contributed by atoms with Gasteiger partial charge in [0.05, 0.1) is 5.69 Å². The molecule has 0 amide bonds. The fraction of sp³-hybridized carbons (Fsp3) is 0.474. The van der Waals surface area contributed by atoms with Crippen LogP contribution in [0.1, 0.15) is 48.4 Å². The van der Waals surface area contributed by atoms with Crippen molar-refractivity contribution in [2.45, 2.75) is 53.4 Å². The molecule has 0 bridgehead atoms. The van der Waals surface area contributed by atoms with Gasteiger partial charge in [-0.25, -0.2) is 0 Å². The lowest BCUT2D eigenvalue weighted by molar-refractivity contribution is 0.392. The van der Waals surface area contributed by atoms with Crippen molar-refractivity contribution in [3.8, 4) is 0 Å². The molecule has 2 aromatic rings. The van der Waals surface area contributed by atoms with Crippen LogP contribution in [0.15, 0.2) is 27.7 Å². The summed E-state index contributed by atoms with van der Waals surface area (Å²) in [5.74, 6) is 1.37. The number of para-hydroxylation sites is 1. The number of rotatable bonds is 7. The Morgan fingerprint density at radius 1 is 1.21 bits per heavy atom. The van der Waals surface area contributed by atoms with Crippen LogP contribution in [0.5, 0.6) is 0 Å². The molecule has 1 aromatic carbocycles. The summed E-state index contributed by atoms with van der Waals surface area (Å²) in [7, 11) is 0. The molecule has 5 heteroatoms. The Kier molecular flexibility index (Phi) is 6.41. The number of benzene rings is 1. The van der Waals surface area contributed by atoms with Crippen LogP contribution in [0.3, 0.4) is 0 Å². The van der Waals surface area contributed by atoms with Crippen LogP contribution in [-0.4, -0.2) is 17.7 Å². The first kappa shape index (κ1) is 18.0. The van der Waals surface area contributed by atoms with E-state index in [4.69, 9.17) is 10.3 Å². The van der Waals surface area contributed by atoms with Crippen LogP contribution in [0.4, 0.5) is 5.69 Å². The first-order chi connectivity index (χ1) is 11.6. The van der Waals surface area contributed by atoms with Crippen LogP contribution < -0.4 is 11.1 Å². The Morgan fingerprint density at radius 3 is 2.42 bits per heavy atom. The van der Waals surface area contributed by atoms with E-state index in [0.29, 0.717) is 12.5 Å². The van der Waals surface area contributed by atoms with E-state index in [1.807, 2.05) is 13.8 Å². The van der Waals surface area contributed by atoms with Crippen LogP contribution in [0, 0.1) is 13.8 Å². The van der Waals surface area contributed by atoms with Gasteiger partial charge in [0.25, 0.3) is 0 Å². The maximum absolute atomic E-state index is 6.08. The highest BCUT2D eigenvalue weighted by Gasteiger charge is 2.09. The molecule has 2 rings (SSSR count). The third-order valence-corrected chi connectivity index (χ3v) is 4.30. The van der Waals surface area contributed by atoms with E-state index < -0.39 is 0 Å². The lowest BCUT2D eigenvalue weighted by Gasteiger charge is -2.14. The molecule has 24 heavy (non-hydrogen) atoms. The van der Waals surface area contributed by atoms with Crippen LogP contribution in [0.2, 0.25) is 0 Å². The molecule has 5 nitrogen and oxygen atoms in total. The summed E-state index contributed by atoms with van der Waals surface area (Å²) in [5.41, 5.74) is 11.9. The standard InChI is InChI=1S/C19H28N4O/c1-5-15-9-7-10-16(6-2)18(15)22-19(20)21-12-8-11-17-13(3)23-24-14(17)4/h7,9-10H,5-6,8,11-12H2,1-4H3,(H3,20,21,22). The summed E-state index contributed by atoms with van der Waals surface area (Å²) >= 11 is 0. The normalized spacial score (nSPS) is 11.8. The number of aryl methyl sites for hydroxylation is 4. The SMILES string of the molecule is CCc1cccc(CC)c1NC(N)=NCCCc1c(C)noc1C. The first-order valence-electron chi connectivity index (χ1n) is 8.66. The first-order valence-corrected chi connectivity index (χ1v) is 8.66. The van der Waals surface area contributed by atoms with Crippen molar-refractivity contribution in [3.63, 3.8) is 0 Å². The minimum Gasteiger partial charge on any atom is -0.370 e. The van der Waals surface area contributed by atoms with E-state index in [2.05, 4.69) is 47.5 Å².